The first-order valence-corrected chi connectivity index (χ1v) is 6.10. The largest absolute Gasteiger partial charge is 0.493 e. The van der Waals surface area contributed by atoms with Gasteiger partial charge in [-0.15, -0.1) is 12.4 Å². The number of rotatable bonds is 7. The summed E-state index contributed by atoms with van der Waals surface area (Å²) in [6.45, 7) is 0.636. The molecule has 0 aromatic heterocycles. The number of nitrogens with one attached hydrogen (secondary N) is 1. The van der Waals surface area contributed by atoms with Crippen LogP contribution in [0.25, 0.3) is 0 Å². The number of halogens is 3. The normalized spacial score (nSPS) is 10.5. The van der Waals surface area contributed by atoms with Gasteiger partial charge in [0.15, 0.2) is 11.5 Å². The van der Waals surface area contributed by atoms with Crippen LogP contribution in [0.1, 0.15) is 17.3 Å². The second-order valence-corrected chi connectivity index (χ2v) is 4.04. The standard InChI is InChI=1S/C13H18F2N2O3.ClH/c1-3-20-10-5-4-9(6-11(10)19-2)12(18)17-8-13(14,15)7-16;/h4-6H,3,7-8,16H2,1-2H3,(H,17,18);1H. The Balaban J connectivity index is 0.00000400. The van der Waals surface area contributed by atoms with Crippen LogP contribution in [0.4, 0.5) is 8.78 Å². The number of benzene rings is 1. The molecule has 0 saturated heterocycles. The summed E-state index contributed by atoms with van der Waals surface area (Å²) in [6, 6.07) is 4.46. The van der Waals surface area contributed by atoms with Gasteiger partial charge in [-0.2, -0.15) is 0 Å². The van der Waals surface area contributed by atoms with Gasteiger partial charge in [0.2, 0.25) is 0 Å². The maximum absolute atomic E-state index is 13.0. The van der Waals surface area contributed by atoms with E-state index >= 15 is 0 Å². The molecule has 0 saturated carbocycles. The van der Waals surface area contributed by atoms with Gasteiger partial charge >= 0.3 is 0 Å². The van der Waals surface area contributed by atoms with Crippen LogP contribution in [0.2, 0.25) is 0 Å². The van der Waals surface area contributed by atoms with Crippen LogP contribution >= 0.6 is 12.4 Å². The van der Waals surface area contributed by atoms with Crippen molar-refractivity contribution in [2.45, 2.75) is 12.8 Å². The zero-order chi connectivity index (χ0) is 15.2. The van der Waals surface area contributed by atoms with Crippen molar-refractivity contribution in [1.82, 2.24) is 5.32 Å². The minimum Gasteiger partial charge on any atom is -0.493 e. The maximum Gasteiger partial charge on any atom is 0.277 e. The first-order valence-electron chi connectivity index (χ1n) is 6.10. The van der Waals surface area contributed by atoms with Crippen LogP contribution in [0.5, 0.6) is 11.5 Å². The first kappa shape index (κ1) is 19.4. The molecule has 5 nitrogen and oxygen atoms in total. The number of hydrogen-bond acceptors (Lipinski definition) is 4. The molecule has 0 aliphatic carbocycles. The van der Waals surface area contributed by atoms with Gasteiger partial charge in [0.05, 0.1) is 26.8 Å². The topological polar surface area (TPSA) is 73.6 Å². The van der Waals surface area contributed by atoms with Crippen molar-refractivity contribution in [3.05, 3.63) is 23.8 Å². The van der Waals surface area contributed by atoms with Gasteiger partial charge in [-0.3, -0.25) is 4.79 Å². The van der Waals surface area contributed by atoms with Gasteiger partial charge < -0.3 is 20.5 Å². The number of ether oxygens (including phenoxy) is 2. The number of nitrogens with two attached hydrogens (primary N) is 1. The third kappa shape index (κ3) is 5.73. The smallest absolute Gasteiger partial charge is 0.277 e. The Morgan fingerprint density at radius 3 is 2.57 bits per heavy atom. The molecule has 0 spiro atoms. The number of carbonyl (C=O) groups excluding carboxylic acids is 1. The van der Waals surface area contributed by atoms with Crippen LogP contribution in [0.15, 0.2) is 18.2 Å². The number of alkyl halides is 2. The van der Waals surface area contributed by atoms with E-state index in [9.17, 15) is 13.6 Å². The second-order valence-electron chi connectivity index (χ2n) is 4.04. The van der Waals surface area contributed by atoms with Gasteiger partial charge in [0.1, 0.15) is 0 Å². The summed E-state index contributed by atoms with van der Waals surface area (Å²) in [5, 5.41) is 2.13. The number of amides is 1. The van der Waals surface area contributed by atoms with Crippen LogP contribution < -0.4 is 20.5 Å². The van der Waals surface area contributed by atoms with Gasteiger partial charge in [-0.25, -0.2) is 8.78 Å². The van der Waals surface area contributed by atoms with E-state index in [-0.39, 0.29) is 18.0 Å². The maximum atomic E-state index is 13.0. The van der Waals surface area contributed by atoms with Crippen LogP contribution in [0.3, 0.4) is 0 Å². The molecule has 1 aromatic carbocycles. The summed E-state index contributed by atoms with van der Waals surface area (Å²) in [5.74, 6) is -2.89. The van der Waals surface area contributed by atoms with Gasteiger partial charge in [-0.1, -0.05) is 0 Å². The average molecular weight is 325 g/mol. The van der Waals surface area contributed by atoms with Gasteiger partial charge in [0.25, 0.3) is 11.8 Å². The molecule has 0 fully saturated rings. The molecule has 8 heteroatoms. The minimum atomic E-state index is -3.12. The summed E-state index contributed by atoms with van der Waals surface area (Å²) in [4.78, 5) is 11.8. The molecular formula is C13H19ClF2N2O3. The van der Waals surface area contributed by atoms with Crippen molar-refractivity contribution in [2.75, 3.05) is 26.8 Å². The van der Waals surface area contributed by atoms with Crippen molar-refractivity contribution in [2.24, 2.45) is 5.73 Å². The third-order valence-corrected chi connectivity index (χ3v) is 2.53. The fourth-order valence-electron chi connectivity index (χ4n) is 1.47. The molecule has 0 unspecified atom stereocenters. The molecule has 0 bridgehead atoms. The van der Waals surface area contributed by atoms with Crippen LogP contribution in [-0.4, -0.2) is 38.6 Å². The first-order chi connectivity index (χ1) is 9.43. The quantitative estimate of drug-likeness (QED) is 0.802. The molecule has 1 aromatic rings. The predicted molar refractivity (Wildman–Crippen MR) is 77.7 cm³/mol. The minimum absolute atomic E-state index is 0. The Bertz CT molecular complexity index is 473. The summed E-state index contributed by atoms with van der Waals surface area (Å²) in [6.07, 6.45) is 0. The average Bonchev–Trinajstić information content (AvgIpc) is 2.45. The lowest BCUT2D eigenvalue weighted by Crippen LogP contribution is -2.41. The van der Waals surface area contributed by atoms with E-state index in [2.05, 4.69) is 5.32 Å². The Morgan fingerprint density at radius 2 is 2.05 bits per heavy atom. The van der Waals surface area contributed by atoms with E-state index in [4.69, 9.17) is 15.2 Å². The van der Waals surface area contributed by atoms with E-state index in [0.717, 1.165) is 0 Å². The fraction of sp³-hybridized carbons (Fsp3) is 0.462. The molecule has 1 rings (SSSR count). The summed E-state index contributed by atoms with van der Waals surface area (Å²) in [7, 11) is 1.43. The van der Waals surface area contributed by atoms with Crippen molar-refractivity contribution in [1.29, 1.82) is 0 Å². The molecule has 0 aliphatic rings. The molecule has 0 aliphatic heterocycles. The van der Waals surface area contributed by atoms with E-state index in [1.807, 2.05) is 6.92 Å². The summed E-state index contributed by atoms with van der Waals surface area (Å²) < 4.78 is 36.3. The third-order valence-electron chi connectivity index (χ3n) is 2.53. The monoisotopic (exact) mass is 324 g/mol. The Hall–Kier alpha value is -1.60. The number of carbonyl (C=O) groups is 1. The van der Waals surface area contributed by atoms with Crippen molar-refractivity contribution >= 4 is 18.3 Å². The SMILES string of the molecule is CCOc1ccc(C(=O)NCC(F)(F)CN)cc1OC.Cl. The summed E-state index contributed by atoms with van der Waals surface area (Å²) in [5.41, 5.74) is 5.10. The van der Waals surface area contributed by atoms with Crippen molar-refractivity contribution in [3.8, 4) is 11.5 Å². The number of methoxy groups -OCH3 is 1. The van der Waals surface area contributed by atoms with Crippen LogP contribution in [-0.2, 0) is 0 Å². The van der Waals surface area contributed by atoms with Gasteiger partial charge in [-0.05, 0) is 25.1 Å². The highest BCUT2D eigenvalue weighted by molar-refractivity contribution is 5.94. The second kappa shape index (κ2) is 8.63. The molecule has 120 valence electrons. The van der Waals surface area contributed by atoms with E-state index < -0.39 is 24.9 Å². The Labute approximate surface area is 128 Å². The van der Waals surface area contributed by atoms with Crippen LogP contribution in [0, 0.1) is 0 Å². The molecule has 0 heterocycles. The molecule has 3 N–H and O–H groups in total. The van der Waals surface area contributed by atoms with E-state index in [1.165, 1.54) is 19.2 Å². The lowest BCUT2D eigenvalue weighted by molar-refractivity contribution is 0.0118. The fourth-order valence-corrected chi connectivity index (χ4v) is 1.47. The van der Waals surface area contributed by atoms with Crippen molar-refractivity contribution in [3.63, 3.8) is 0 Å². The number of hydrogen-bond donors (Lipinski definition) is 2. The molecule has 0 radical (unpaired) electrons. The van der Waals surface area contributed by atoms with E-state index in [0.29, 0.717) is 18.1 Å². The molecule has 21 heavy (non-hydrogen) atoms. The lowest BCUT2D eigenvalue weighted by atomic mass is 10.2. The van der Waals surface area contributed by atoms with Crippen molar-refractivity contribution < 1.29 is 23.0 Å². The Morgan fingerprint density at radius 1 is 1.38 bits per heavy atom. The Kier molecular flexibility index (Phi) is 7.98. The molecular weight excluding hydrogens is 306 g/mol. The highest BCUT2D eigenvalue weighted by Gasteiger charge is 2.27. The lowest BCUT2D eigenvalue weighted by Gasteiger charge is -2.15. The molecule has 0 atom stereocenters. The zero-order valence-electron chi connectivity index (χ0n) is 11.8. The highest BCUT2D eigenvalue weighted by atomic mass is 35.5. The molecule has 1 amide bonds. The predicted octanol–water partition coefficient (Wildman–Crippen LogP) is 1.84. The zero-order valence-corrected chi connectivity index (χ0v) is 12.6. The highest BCUT2D eigenvalue weighted by Crippen LogP contribution is 2.28. The van der Waals surface area contributed by atoms with Gasteiger partial charge in [0, 0.05) is 5.56 Å². The summed E-state index contributed by atoms with van der Waals surface area (Å²) >= 11 is 0. The van der Waals surface area contributed by atoms with E-state index in [1.54, 1.807) is 6.07 Å².